The van der Waals surface area contributed by atoms with E-state index in [2.05, 4.69) is 22.3 Å². The number of benzene rings is 2. The average molecular weight is 415 g/mol. The Bertz CT molecular complexity index is 857. The molecule has 5 nitrogen and oxygen atoms in total. The highest BCUT2D eigenvalue weighted by Crippen LogP contribution is 2.34. The zero-order chi connectivity index (χ0) is 20.2. The van der Waals surface area contributed by atoms with Gasteiger partial charge >= 0.3 is 0 Å². The first-order valence-corrected chi connectivity index (χ1v) is 10.6. The number of carbonyl (C=O) groups is 1. The maximum absolute atomic E-state index is 13.2. The number of morpholine rings is 1. The highest BCUT2D eigenvalue weighted by atomic mass is 35.5. The normalized spacial score (nSPS) is 19.4. The van der Waals surface area contributed by atoms with Gasteiger partial charge < -0.3 is 19.7 Å². The molecule has 2 fully saturated rings. The summed E-state index contributed by atoms with van der Waals surface area (Å²) in [5.41, 5.74) is 5.08. The van der Waals surface area contributed by atoms with Crippen LogP contribution in [0.25, 0.3) is 0 Å². The van der Waals surface area contributed by atoms with Crippen LogP contribution in [0.1, 0.15) is 39.4 Å². The molecule has 2 aliphatic rings. The van der Waals surface area contributed by atoms with Gasteiger partial charge in [-0.2, -0.15) is 0 Å². The Morgan fingerprint density at radius 1 is 1.14 bits per heavy atom. The molecule has 2 aromatic rings. The first kappa shape index (κ1) is 20.2. The lowest BCUT2D eigenvalue weighted by molar-refractivity contribution is 0.0948. The van der Waals surface area contributed by atoms with Gasteiger partial charge in [0.2, 0.25) is 0 Å². The number of nitrogens with zero attached hydrogens (tertiary/aromatic N) is 1. The van der Waals surface area contributed by atoms with Gasteiger partial charge in [0.25, 0.3) is 5.91 Å². The van der Waals surface area contributed by atoms with Crippen LogP contribution >= 0.6 is 11.6 Å². The molecule has 2 heterocycles. The molecule has 1 N–H and O–H groups in total. The van der Waals surface area contributed by atoms with Crippen molar-refractivity contribution in [3.8, 4) is 0 Å². The summed E-state index contributed by atoms with van der Waals surface area (Å²) in [6.45, 7) is 7.15. The fourth-order valence-electron chi connectivity index (χ4n) is 4.08. The SMILES string of the molecule is Cc1cc(N2CCOCC2)cc(C2CCOC2)c1C(=O)NCc1ccc(Cl)cc1. The summed E-state index contributed by atoms with van der Waals surface area (Å²) >= 11 is 5.95. The number of carbonyl (C=O) groups excluding carboxylic acids is 1. The van der Waals surface area contributed by atoms with Crippen LogP contribution in [-0.2, 0) is 16.0 Å². The summed E-state index contributed by atoms with van der Waals surface area (Å²) in [6.07, 6.45) is 0.948. The van der Waals surface area contributed by atoms with E-state index < -0.39 is 0 Å². The van der Waals surface area contributed by atoms with Crippen molar-refractivity contribution in [2.45, 2.75) is 25.8 Å². The minimum Gasteiger partial charge on any atom is -0.381 e. The second-order valence-electron chi connectivity index (χ2n) is 7.70. The van der Waals surface area contributed by atoms with Crippen LogP contribution in [0, 0.1) is 6.92 Å². The van der Waals surface area contributed by atoms with Crippen LogP contribution in [0.15, 0.2) is 36.4 Å². The van der Waals surface area contributed by atoms with Crippen molar-refractivity contribution in [3.05, 3.63) is 63.7 Å². The molecule has 0 aliphatic carbocycles. The van der Waals surface area contributed by atoms with Crippen LogP contribution < -0.4 is 10.2 Å². The Labute approximate surface area is 176 Å². The Morgan fingerprint density at radius 2 is 1.90 bits per heavy atom. The number of amides is 1. The first-order valence-electron chi connectivity index (χ1n) is 10.2. The van der Waals surface area contributed by atoms with Crippen molar-refractivity contribution in [2.24, 2.45) is 0 Å². The lowest BCUT2D eigenvalue weighted by atomic mass is 9.89. The van der Waals surface area contributed by atoms with Crippen molar-refractivity contribution in [3.63, 3.8) is 0 Å². The predicted octanol–water partition coefficient (Wildman–Crippen LogP) is 3.92. The van der Waals surface area contributed by atoms with Crippen molar-refractivity contribution < 1.29 is 14.3 Å². The lowest BCUT2D eigenvalue weighted by Crippen LogP contribution is -2.36. The number of rotatable bonds is 5. The minimum atomic E-state index is -0.0344. The summed E-state index contributed by atoms with van der Waals surface area (Å²) < 4.78 is 11.1. The summed E-state index contributed by atoms with van der Waals surface area (Å²) in [6, 6.07) is 11.9. The lowest BCUT2D eigenvalue weighted by Gasteiger charge is -2.30. The second-order valence-corrected chi connectivity index (χ2v) is 8.13. The number of ether oxygens (including phenoxy) is 2. The van der Waals surface area contributed by atoms with E-state index in [-0.39, 0.29) is 11.8 Å². The number of hydrogen-bond acceptors (Lipinski definition) is 4. The molecule has 0 spiro atoms. The average Bonchev–Trinajstić information content (AvgIpc) is 3.28. The third-order valence-corrected chi connectivity index (χ3v) is 5.94. The van der Waals surface area contributed by atoms with E-state index in [1.165, 1.54) is 5.69 Å². The molecule has 0 radical (unpaired) electrons. The van der Waals surface area contributed by atoms with Gasteiger partial charge in [-0.05, 0) is 54.3 Å². The molecule has 154 valence electrons. The van der Waals surface area contributed by atoms with Crippen LogP contribution in [0.5, 0.6) is 0 Å². The van der Waals surface area contributed by atoms with Gasteiger partial charge in [-0.15, -0.1) is 0 Å². The van der Waals surface area contributed by atoms with Gasteiger partial charge in [0, 0.05) is 48.4 Å². The zero-order valence-electron chi connectivity index (χ0n) is 16.7. The van der Waals surface area contributed by atoms with Gasteiger partial charge in [-0.3, -0.25) is 4.79 Å². The number of halogens is 1. The van der Waals surface area contributed by atoms with Crippen molar-refractivity contribution in [1.29, 1.82) is 0 Å². The standard InChI is InChI=1S/C23H27ClN2O3/c1-16-12-20(26-7-10-28-11-8-26)13-21(18-6-9-29-15-18)22(16)23(27)25-14-17-2-4-19(24)5-3-17/h2-5,12-13,18H,6-11,14-15H2,1H3,(H,25,27). The van der Waals surface area contributed by atoms with Gasteiger partial charge in [0.1, 0.15) is 0 Å². The van der Waals surface area contributed by atoms with Gasteiger partial charge in [0.15, 0.2) is 0 Å². The van der Waals surface area contributed by atoms with Crippen molar-refractivity contribution >= 4 is 23.2 Å². The third-order valence-electron chi connectivity index (χ3n) is 5.69. The quantitative estimate of drug-likeness (QED) is 0.805. The largest absolute Gasteiger partial charge is 0.381 e. The Hall–Kier alpha value is -2.08. The molecule has 1 amide bonds. The van der Waals surface area contributed by atoms with E-state index in [4.69, 9.17) is 21.1 Å². The molecule has 1 unspecified atom stereocenters. The molecule has 0 saturated carbocycles. The van der Waals surface area contributed by atoms with Crippen LogP contribution in [0.3, 0.4) is 0 Å². The number of anilines is 1. The first-order chi connectivity index (χ1) is 14.1. The Balaban J connectivity index is 1.59. The van der Waals surface area contributed by atoms with Crippen LogP contribution in [-0.4, -0.2) is 45.4 Å². The molecule has 4 rings (SSSR count). The molecule has 1 atom stereocenters. The summed E-state index contributed by atoms with van der Waals surface area (Å²) in [5, 5.41) is 3.77. The summed E-state index contributed by atoms with van der Waals surface area (Å²) in [4.78, 5) is 15.5. The molecule has 0 aromatic heterocycles. The zero-order valence-corrected chi connectivity index (χ0v) is 17.5. The molecule has 2 aromatic carbocycles. The van der Waals surface area contributed by atoms with E-state index in [1.54, 1.807) is 0 Å². The maximum Gasteiger partial charge on any atom is 0.252 e. The third kappa shape index (κ3) is 4.74. The highest BCUT2D eigenvalue weighted by molar-refractivity contribution is 6.30. The Morgan fingerprint density at radius 3 is 2.59 bits per heavy atom. The van der Waals surface area contributed by atoms with E-state index in [0.717, 1.165) is 61.6 Å². The monoisotopic (exact) mass is 414 g/mol. The second kappa shape index (κ2) is 9.16. The van der Waals surface area contributed by atoms with E-state index in [0.29, 0.717) is 18.2 Å². The number of hydrogen-bond donors (Lipinski definition) is 1. The fraction of sp³-hybridized carbons (Fsp3) is 0.435. The molecule has 0 bridgehead atoms. The fourth-order valence-corrected chi connectivity index (χ4v) is 4.21. The van der Waals surface area contributed by atoms with Crippen LogP contribution in [0.4, 0.5) is 5.69 Å². The van der Waals surface area contributed by atoms with Crippen molar-refractivity contribution in [2.75, 3.05) is 44.4 Å². The van der Waals surface area contributed by atoms with E-state index >= 15 is 0 Å². The van der Waals surface area contributed by atoms with E-state index in [1.807, 2.05) is 31.2 Å². The number of aryl methyl sites for hydroxylation is 1. The predicted molar refractivity (Wildman–Crippen MR) is 115 cm³/mol. The van der Waals surface area contributed by atoms with Gasteiger partial charge in [-0.25, -0.2) is 0 Å². The minimum absolute atomic E-state index is 0.0344. The van der Waals surface area contributed by atoms with Crippen molar-refractivity contribution in [1.82, 2.24) is 5.32 Å². The van der Waals surface area contributed by atoms with Crippen LogP contribution in [0.2, 0.25) is 5.02 Å². The molecule has 6 heteroatoms. The topological polar surface area (TPSA) is 50.8 Å². The molecule has 29 heavy (non-hydrogen) atoms. The summed E-state index contributed by atoms with van der Waals surface area (Å²) in [5.74, 6) is 0.221. The summed E-state index contributed by atoms with van der Waals surface area (Å²) in [7, 11) is 0. The smallest absolute Gasteiger partial charge is 0.252 e. The molecular formula is C23H27ClN2O3. The molecular weight excluding hydrogens is 388 g/mol. The van der Waals surface area contributed by atoms with E-state index in [9.17, 15) is 4.79 Å². The van der Waals surface area contributed by atoms with Gasteiger partial charge in [0.05, 0.1) is 19.8 Å². The molecule has 2 aliphatic heterocycles. The number of nitrogens with one attached hydrogen (secondary N) is 1. The highest BCUT2D eigenvalue weighted by Gasteiger charge is 2.26. The Kier molecular flexibility index (Phi) is 6.38. The molecule has 2 saturated heterocycles. The maximum atomic E-state index is 13.2. The van der Waals surface area contributed by atoms with Gasteiger partial charge in [-0.1, -0.05) is 23.7 Å².